The van der Waals surface area contributed by atoms with E-state index < -0.39 is 6.17 Å². The molecule has 56 valence electrons. The van der Waals surface area contributed by atoms with Crippen LogP contribution < -0.4 is 0 Å². The van der Waals surface area contributed by atoms with Gasteiger partial charge in [0.1, 0.15) is 6.07 Å². The van der Waals surface area contributed by atoms with Crippen LogP contribution in [-0.4, -0.2) is 0 Å². The molecule has 1 unspecified atom stereocenters. The van der Waals surface area contributed by atoms with Gasteiger partial charge in [0.25, 0.3) is 0 Å². The summed E-state index contributed by atoms with van der Waals surface area (Å²) in [7, 11) is 0. The summed E-state index contributed by atoms with van der Waals surface area (Å²) in [6.07, 6.45) is -1.51. The minimum Gasteiger partial charge on any atom is -0.226 e. The molecule has 0 saturated heterocycles. The molecule has 0 radical (unpaired) electrons. The van der Waals surface area contributed by atoms with Gasteiger partial charge >= 0.3 is 0 Å². The van der Waals surface area contributed by atoms with E-state index in [1.807, 2.05) is 0 Å². The van der Waals surface area contributed by atoms with E-state index >= 15 is 0 Å². The van der Waals surface area contributed by atoms with E-state index in [2.05, 4.69) is 15.9 Å². The number of halogens is 2. The number of alkyl halides is 1. The van der Waals surface area contributed by atoms with E-state index in [-0.39, 0.29) is 0 Å². The molecule has 1 nitrogen and oxygen atoms in total. The van der Waals surface area contributed by atoms with E-state index in [0.717, 1.165) is 4.47 Å². The number of nitriles is 1. The fraction of sp³-hybridized carbons (Fsp3) is 0.125. The molecule has 0 bridgehead atoms. The monoisotopic (exact) mass is 213 g/mol. The van der Waals surface area contributed by atoms with Crippen LogP contribution in [0.4, 0.5) is 4.39 Å². The minimum absolute atomic E-state index is 0.399. The zero-order valence-corrected chi connectivity index (χ0v) is 7.18. The van der Waals surface area contributed by atoms with E-state index in [1.165, 1.54) is 6.07 Å². The molecule has 1 rings (SSSR count). The highest BCUT2D eigenvalue weighted by atomic mass is 79.9. The molecule has 0 aliphatic carbocycles. The summed E-state index contributed by atoms with van der Waals surface area (Å²) in [5, 5.41) is 8.22. The van der Waals surface area contributed by atoms with Crippen LogP contribution in [0.1, 0.15) is 11.7 Å². The lowest BCUT2D eigenvalue weighted by Gasteiger charge is -1.97. The maximum absolute atomic E-state index is 12.6. The van der Waals surface area contributed by atoms with Gasteiger partial charge in [-0.2, -0.15) is 5.26 Å². The predicted octanol–water partition coefficient (Wildman–Crippen LogP) is 2.98. The van der Waals surface area contributed by atoms with E-state index in [4.69, 9.17) is 5.26 Å². The van der Waals surface area contributed by atoms with Gasteiger partial charge in [-0.15, -0.1) is 0 Å². The Bertz CT molecular complexity index is 275. The lowest BCUT2D eigenvalue weighted by Crippen LogP contribution is -1.85. The molecule has 1 aromatic rings. The van der Waals surface area contributed by atoms with Crippen molar-refractivity contribution in [1.82, 2.24) is 0 Å². The Labute approximate surface area is 72.6 Å². The Morgan fingerprint density at radius 1 is 1.36 bits per heavy atom. The van der Waals surface area contributed by atoms with Crippen LogP contribution in [0.25, 0.3) is 0 Å². The van der Waals surface area contributed by atoms with Crippen molar-refractivity contribution in [2.24, 2.45) is 0 Å². The zero-order chi connectivity index (χ0) is 8.27. The van der Waals surface area contributed by atoms with Crippen molar-refractivity contribution in [3.63, 3.8) is 0 Å². The van der Waals surface area contributed by atoms with Gasteiger partial charge in [-0.3, -0.25) is 0 Å². The van der Waals surface area contributed by atoms with Gasteiger partial charge in [-0.05, 0) is 12.1 Å². The third kappa shape index (κ3) is 2.02. The Kier molecular flexibility index (Phi) is 2.61. The second-order valence-corrected chi connectivity index (χ2v) is 2.96. The van der Waals surface area contributed by atoms with Gasteiger partial charge in [-0.25, -0.2) is 4.39 Å². The number of hydrogen-bond donors (Lipinski definition) is 0. The lowest BCUT2D eigenvalue weighted by molar-refractivity contribution is 0.424. The summed E-state index contributed by atoms with van der Waals surface area (Å²) in [6, 6.07) is 8.10. The number of hydrogen-bond acceptors (Lipinski definition) is 1. The maximum Gasteiger partial charge on any atom is 0.211 e. The van der Waals surface area contributed by atoms with Crippen molar-refractivity contribution < 1.29 is 4.39 Å². The molecule has 0 spiro atoms. The fourth-order valence-electron chi connectivity index (χ4n) is 0.706. The maximum atomic E-state index is 12.6. The second kappa shape index (κ2) is 3.49. The van der Waals surface area contributed by atoms with Crippen LogP contribution in [0.15, 0.2) is 28.7 Å². The molecule has 0 amide bonds. The van der Waals surface area contributed by atoms with Gasteiger partial charge < -0.3 is 0 Å². The number of benzene rings is 1. The summed E-state index contributed by atoms with van der Waals surface area (Å²) in [5.41, 5.74) is 0.399. The first-order valence-electron chi connectivity index (χ1n) is 3.03. The Balaban J connectivity index is 2.92. The first kappa shape index (κ1) is 8.22. The van der Waals surface area contributed by atoms with Gasteiger partial charge in [0.15, 0.2) is 0 Å². The number of rotatable bonds is 1. The average Bonchev–Trinajstić information content (AvgIpc) is 2.05. The second-order valence-electron chi connectivity index (χ2n) is 2.04. The molecule has 0 saturated carbocycles. The largest absolute Gasteiger partial charge is 0.226 e. The van der Waals surface area contributed by atoms with Crippen LogP contribution in [0.3, 0.4) is 0 Å². The van der Waals surface area contributed by atoms with Crippen molar-refractivity contribution in [3.05, 3.63) is 34.3 Å². The molecule has 3 heteroatoms. The van der Waals surface area contributed by atoms with Crippen LogP contribution in [0, 0.1) is 11.3 Å². The van der Waals surface area contributed by atoms with Crippen LogP contribution in [0.2, 0.25) is 0 Å². The van der Waals surface area contributed by atoms with Gasteiger partial charge in [-0.1, -0.05) is 28.1 Å². The average molecular weight is 214 g/mol. The summed E-state index contributed by atoms with van der Waals surface area (Å²) in [4.78, 5) is 0. The Morgan fingerprint density at radius 2 is 1.91 bits per heavy atom. The predicted molar refractivity (Wildman–Crippen MR) is 43.6 cm³/mol. The molecule has 0 aliphatic heterocycles. The summed E-state index contributed by atoms with van der Waals surface area (Å²) in [6.45, 7) is 0. The summed E-state index contributed by atoms with van der Waals surface area (Å²) in [5.74, 6) is 0. The fourth-order valence-corrected chi connectivity index (χ4v) is 0.971. The standard InChI is InChI=1S/C8H5BrFN/c9-7-3-1-6(2-4-7)8(10)5-11/h1-4,8H. The van der Waals surface area contributed by atoms with Gasteiger partial charge in [0.05, 0.1) is 0 Å². The number of nitrogens with zero attached hydrogens (tertiary/aromatic N) is 1. The van der Waals surface area contributed by atoms with Crippen molar-refractivity contribution >= 4 is 15.9 Å². The molecule has 0 fully saturated rings. The third-order valence-electron chi connectivity index (χ3n) is 1.28. The summed E-state index contributed by atoms with van der Waals surface area (Å²) < 4.78 is 13.5. The third-order valence-corrected chi connectivity index (χ3v) is 1.80. The lowest BCUT2D eigenvalue weighted by atomic mass is 10.1. The van der Waals surface area contributed by atoms with Crippen molar-refractivity contribution in [1.29, 1.82) is 5.26 Å². The molecule has 1 atom stereocenters. The molecule has 0 aromatic heterocycles. The van der Waals surface area contributed by atoms with Crippen LogP contribution >= 0.6 is 15.9 Å². The van der Waals surface area contributed by atoms with E-state index in [0.29, 0.717) is 5.56 Å². The Hall–Kier alpha value is -0.880. The molecular weight excluding hydrogens is 209 g/mol. The van der Waals surface area contributed by atoms with E-state index in [9.17, 15) is 4.39 Å². The normalized spacial score (nSPS) is 12.1. The molecular formula is C8H5BrFN. The van der Waals surface area contributed by atoms with Crippen molar-refractivity contribution in [2.75, 3.05) is 0 Å². The van der Waals surface area contributed by atoms with Crippen molar-refractivity contribution in [3.8, 4) is 6.07 Å². The SMILES string of the molecule is N#CC(F)c1ccc(Br)cc1. The van der Waals surface area contributed by atoms with E-state index in [1.54, 1.807) is 24.3 Å². The molecule has 0 N–H and O–H groups in total. The first-order valence-corrected chi connectivity index (χ1v) is 3.82. The zero-order valence-electron chi connectivity index (χ0n) is 5.59. The van der Waals surface area contributed by atoms with Crippen LogP contribution in [0.5, 0.6) is 0 Å². The molecule has 0 aliphatic rings. The van der Waals surface area contributed by atoms with Crippen LogP contribution in [-0.2, 0) is 0 Å². The van der Waals surface area contributed by atoms with Crippen molar-refractivity contribution in [2.45, 2.75) is 6.17 Å². The first-order chi connectivity index (χ1) is 5.24. The highest BCUT2D eigenvalue weighted by Gasteiger charge is 2.05. The highest BCUT2D eigenvalue weighted by molar-refractivity contribution is 9.10. The summed E-state index contributed by atoms with van der Waals surface area (Å²) >= 11 is 3.21. The minimum atomic E-state index is -1.51. The Morgan fingerprint density at radius 3 is 2.36 bits per heavy atom. The molecule has 11 heavy (non-hydrogen) atoms. The molecule has 1 aromatic carbocycles. The topological polar surface area (TPSA) is 23.8 Å². The van der Waals surface area contributed by atoms with Gasteiger partial charge in [0, 0.05) is 10.0 Å². The molecule has 0 heterocycles. The quantitative estimate of drug-likeness (QED) is 0.704. The van der Waals surface area contributed by atoms with Gasteiger partial charge in [0.2, 0.25) is 6.17 Å². The highest BCUT2D eigenvalue weighted by Crippen LogP contribution is 2.18. The smallest absolute Gasteiger partial charge is 0.211 e.